The van der Waals surface area contributed by atoms with Crippen molar-refractivity contribution in [1.82, 2.24) is 0 Å². The number of nitrogens with zero attached hydrogens (tertiary/aromatic N) is 1. The van der Waals surface area contributed by atoms with Crippen molar-refractivity contribution in [1.29, 1.82) is 0 Å². The van der Waals surface area contributed by atoms with Gasteiger partial charge in [0, 0.05) is 10.7 Å². The zero-order valence-corrected chi connectivity index (χ0v) is 18.3. The van der Waals surface area contributed by atoms with Crippen molar-refractivity contribution in [3.63, 3.8) is 0 Å². The summed E-state index contributed by atoms with van der Waals surface area (Å²) in [7, 11) is 0. The van der Waals surface area contributed by atoms with Gasteiger partial charge in [-0.05, 0) is 61.5 Å². The molecule has 0 aromatic heterocycles. The number of ether oxygens (including phenoxy) is 1. The van der Waals surface area contributed by atoms with Crippen LogP contribution in [0.3, 0.4) is 0 Å². The number of imide groups is 1. The standard InChI is InChI=1S/C24H16Cl2N2O4/c1-14-5-11-19(12-6-14)32-24(31)15-7-9-17(10-8-15)27-21-20(26)22(29)28(23(21)30)18-4-2-3-16(25)13-18/h2-13,27H,1H3. The fourth-order valence-corrected chi connectivity index (χ4v) is 3.46. The zero-order valence-electron chi connectivity index (χ0n) is 16.8. The fraction of sp³-hybridized carbons (Fsp3) is 0.0417. The van der Waals surface area contributed by atoms with E-state index in [1.54, 1.807) is 54.6 Å². The maximum Gasteiger partial charge on any atom is 0.343 e. The van der Waals surface area contributed by atoms with Gasteiger partial charge in [0.2, 0.25) is 0 Å². The quantitative estimate of drug-likeness (QED) is 0.313. The lowest BCUT2D eigenvalue weighted by Gasteiger charge is -2.15. The molecule has 3 aromatic carbocycles. The SMILES string of the molecule is Cc1ccc(OC(=O)c2ccc(NC3=C(Cl)C(=O)N(c4cccc(Cl)c4)C3=O)cc2)cc1. The molecule has 1 N–H and O–H groups in total. The van der Waals surface area contributed by atoms with Crippen LogP contribution in [0.1, 0.15) is 15.9 Å². The third-order valence-electron chi connectivity index (χ3n) is 4.72. The average molecular weight is 467 g/mol. The van der Waals surface area contributed by atoms with Crippen LogP contribution in [-0.4, -0.2) is 17.8 Å². The number of amides is 2. The van der Waals surface area contributed by atoms with Crippen molar-refractivity contribution < 1.29 is 19.1 Å². The van der Waals surface area contributed by atoms with Gasteiger partial charge in [0.25, 0.3) is 11.8 Å². The summed E-state index contributed by atoms with van der Waals surface area (Å²) in [4.78, 5) is 38.7. The highest BCUT2D eigenvalue weighted by atomic mass is 35.5. The second-order valence-electron chi connectivity index (χ2n) is 7.02. The third-order valence-corrected chi connectivity index (χ3v) is 5.30. The molecule has 0 saturated heterocycles. The number of carbonyl (C=O) groups is 3. The van der Waals surface area contributed by atoms with E-state index >= 15 is 0 Å². The van der Waals surface area contributed by atoms with E-state index in [4.69, 9.17) is 27.9 Å². The number of halogens is 2. The van der Waals surface area contributed by atoms with Gasteiger partial charge in [-0.1, -0.05) is 47.0 Å². The number of esters is 1. The van der Waals surface area contributed by atoms with Crippen LogP contribution in [0.4, 0.5) is 11.4 Å². The van der Waals surface area contributed by atoms with Crippen LogP contribution in [0, 0.1) is 6.92 Å². The van der Waals surface area contributed by atoms with Gasteiger partial charge in [-0.25, -0.2) is 9.69 Å². The number of rotatable bonds is 5. The Morgan fingerprint density at radius 2 is 1.59 bits per heavy atom. The zero-order chi connectivity index (χ0) is 22.8. The van der Waals surface area contributed by atoms with Gasteiger partial charge in [0.1, 0.15) is 16.5 Å². The van der Waals surface area contributed by atoms with Crippen molar-refractivity contribution in [2.45, 2.75) is 6.92 Å². The van der Waals surface area contributed by atoms with Gasteiger partial charge in [0.05, 0.1) is 11.3 Å². The van der Waals surface area contributed by atoms with Crippen LogP contribution in [0.2, 0.25) is 5.02 Å². The van der Waals surface area contributed by atoms with Crippen LogP contribution in [0.5, 0.6) is 5.75 Å². The summed E-state index contributed by atoms with van der Waals surface area (Å²) >= 11 is 12.1. The minimum Gasteiger partial charge on any atom is -0.423 e. The summed E-state index contributed by atoms with van der Waals surface area (Å²) in [5.74, 6) is -1.34. The minimum absolute atomic E-state index is 0.0633. The minimum atomic E-state index is -0.653. The predicted octanol–water partition coefficient (Wildman–Crippen LogP) is 5.30. The van der Waals surface area contributed by atoms with Crippen LogP contribution in [-0.2, 0) is 9.59 Å². The van der Waals surface area contributed by atoms with Crippen molar-refractivity contribution in [2.75, 3.05) is 10.2 Å². The number of nitrogens with one attached hydrogen (secondary N) is 1. The summed E-state index contributed by atoms with van der Waals surface area (Å²) in [5.41, 5.74) is 2.11. The molecule has 0 radical (unpaired) electrons. The molecule has 0 atom stereocenters. The van der Waals surface area contributed by atoms with Gasteiger partial charge in [-0.15, -0.1) is 0 Å². The van der Waals surface area contributed by atoms with E-state index in [0.29, 0.717) is 27.7 Å². The maximum absolute atomic E-state index is 12.8. The molecule has 1 aliphatic heterocycles. The lowest BCUT2D eigenvalue weighted by Crippen LogP contribution is -2.32. The third kappa shape index (κ3) is 4.37. The normalized spacial score (nSPS) is 13.5. The molecule has 1 heterocycles. The van der Waals surface area contributed by atoms with Gasteiger partial charge in [-0.3, -0.25) is 9.59 Å². The Labute approximate surface area is 194 Å². The van der Waals surface area contributed by atoms with Gasteiger partial charge < -0.3 is 10.1 Å². The maximum atomic E-state index is 12.8. The van der Waals surface area contributed by atoms with Crippen molar-refractivity contribution in [2.24, 2.45) is 0 Å². The molecule has 0 fully saturated rings. The first-order valence-electron chi connectivity index (χ1n) is 9.53. The molecular formula is C24H16Cl2N2O4. The number of hydrogen-bond acceptors (Lipinski definition) is 5. The van der Waals surface area contributed by atoms with Gasteiger partial charge in [-0.2, -0.15) is 0 Å². The van der Waals surface area contributed by atoms with Crippen molar-refractivity contribution in [3.8, 4) is 5.75 Å². The molecule has 2 amide bonds. The molecule has 1 aliphatic rings. The summed E-state index contributed by atoms with van der Waals surface area (Å²) < 4.78 is 5.34. The highest BCUT2D eigenvalue weighted by Crippen LogP contribution is 2.31. The smallest absolute Gasteiger partial charge is 0.343 e. The predicted molar refractivity (Wildman–Crippen MR) is 123 cm³/mol. The topological polar surface area (TPSA) is 75.7 Å². The summed E-state index contributed by atoms with van der Waals surface area (Å²) in [6.45, 7) is 1.94. The van der Waals surface area contributed by atoms with Crippen LogP contribution in [0.25, 0.3) is 0 Å². The van der Waals surface area contributed by atoms with E-state index < -0.39 is 17.8 Å². The second-order valence-corrected chi connectivity index (χ2v) is 7.83. The van der Waals surface area contributed by atoms with E-state index in [9.17, 15) is 14.4 Å². The molecule has 6 nitrogen and oxygen atoms in total. The van der Waals surface area contributed by atoms with Gasteiger partial charge in [0.15, 0.2) is 0 Å². The van der Waals surface area contributed by atoms with Gasteiger partial charge >= 0.3 is 5.97 Å². The number of benzene rings is 3. The Hall–Kier alpha value is -3.61. The molecule has 0 saturated carbocycles. The fourth-order valence-electron chi connectivity index (χ4n) is 3.07. The Bertz CT molecular complexity index is 1250. The highest BCUT2D eigenvalue weighted by Gasteiger charge is 2.39. The highest BCUT2D eigenvalue weighted by molar-refractivity contribution is 6.53. The summed E-state index contributed by atoms with van der Waals surface area (Å²) in [5, 5.41) is 3.00. The Morgan fingerprint density at radius 1 is 0.906 bits per heavy atom. The van der Waals surface area contributed by atoms with E-state index in [2.05, 4.69) is 5.32 Å². The number of aryl methyl sites for hydroxylation is 1. The largest absolute Gasteiger partial charge is 0.423 e. The molecule has 160 valence electrons. The first-order chi connectivity index (χ1) is 15.3. The van der Waals surface area contributed by atoms with Crippen LogP contribution >= 0.6 is 23.2 Å². The van der Waals surface area contributed by atoms with E-state index in [0.717, 1.165) is 10.5 Å². The average Bonchev–Trinajstić information content (AvgIpc) is 2.99. The molecule has 0 bridgehead atoms. The molecule has 4 rings (SSSR count). The molecule has 0 aliphatic carbocycles. The van der Waals surface area contributed by atoms with Crippen LogP contribution < -0.4 is 15.0 Å². The molecule has 3 aromatic rings. The van der Waals surface area contributed by atoms with E-state index in [-0.39, 0.29) is 10.7 Å². The lowest BCUT2D eigenvalue weighted by molar-refractivity contribution is -0.120. The number of hydrogen-bond donors (Lipinski definition) is 1. The molecule has 0 unspecified atom stereocenters. The molecule has 0 spiro atoms. The van der Waals surface area contributed by atoms with Crippen LogP contribution in [0.15, 0.2) is 83.5 Å². The molecular weight excluding hydrogens is 451 g/mol. The number of carbonyl (C=O) groups excluding carboxylic acids is 3. The Morgan fingerprint density at radius 3 is 2.25 bits per heavy atom. The van der Waals surface area contributed by atoms with Crippen molar-refractivity contribution >= 4 is 52.4 Å². The lowest BCUT2D eigenvalue weighted by atomic mass is 10.2. The summed E-state index contributed by atoms with van der Waals surface area (Å²) in [6.07, 6.45) is 0. The first kappa shape index (κ1) is 21.6. The Kier molecular flexibility index (Phi) is 5.99. The second kappa shape index (κ2) is 8.86. The molecule has 8 heteroatoms. The summed E-state index contributed by atoms with van der Waals surface area (Å²) in [6, 6.07) is 19.7. The first-order valence-corrected chi connectivity index (χ1v) is 10.3. The monoisotopic (exact) mass is 466 g/mol. The Balaban J connectivity index is 1.48. The number of anilines is 2. The van der Waals surface area contributed by atoms with Crippen molar-refractivity contribution in [3.05, 3.63) is 99.7 Å². The van der Waals surface area contributed by atoms with E-state index in [1.165, 1.54) is 6.07 Å². The molecule has 32 heavy (non-hydrogen) atoms. The van der Waals surface area contributed by atoms with E-state index in [1.807, 2.05) is 19.1 Å².